The van der Waals surface area contributed by atoms with Gasteiger partial charge in [0.1, 0.15) is 12.4 Å². The standard InChI is InChI=1S/C19H20O4/c1-4-22-19(21)18-13(2)17(11-10-16(18)14(3)20)23-12-15-8-6-5-7-9-15/h5-11H,4,12H2,1-3H3. The van der Waals surface area contributed by atoms with Crippen LogP contribution < -0.4 is 4.74 Å². The number of carbonyl (C=O) groups is 2. The van der Waals surface area contributed by atoms with E-state index in [9.17, 15) is 9.59 Å². The highest BCUT2D eigenvalue weighted by molar-refractivity contribution is 6.06. The van der Waals surface area contributed by atoms with Crippen molar-refractivity contribution in [3.63, 3.8) is 0 Å². The summed E-state index contributed by atoms with van der Waals surface area (Å²) in [4.78, 5) is 24.0. The van der Waals surface area contributed by atoms with Crippen molar-refractivity contribution in [2.45, 2.75) is 27.4 Å². The predicted molar refractivity (Wildman–Crippen MR) is 87.9 cm³/mol. The zero-order valence-electron chi connectivity index (χ0n) is 13.6. The molecule has 0 atom stereocenters. The van der Waals surface area contributed by atoms with Crippen LogP contribution in [0, 0.1) is 6.92 Å². The molecule has 0 fully saturated rings. The lowest BCUT2D eigenvalue weighted by molar-refractivity contribution is 0.0521. The number of rotatable bonds is 6. The predicted octanol–water partition coefficient (Wildman–Crippen LogP) is 3.95. The molecule has 0 bridgehead atoms. The number of hydrogen-bond acceptors (Lipinski definition) is 4. The quantitative estimate of drug-likeness (QED) is 0.598. The fraction of sp³-hybridized carbons (Fsp3) is 0.263. The summed E-state index contributed by atoms with van der Waals surface area (Å²) in [5, 5.41) is 0. The maximum Gasteiger partial charge on any atom is 0.339 e. The third-order valence-corrected chi connectivity index (χ3v) is 3.51. The van der Waals surface area contributed by atoms with Gasteiger partial charge < -0.3 is 9.47 Å². The Labute approximate surface area is 136 Å². The van der Waals surface area contributed by atoms with Crippen molar-refractivity contribution >= 4 is 11.8 Å². The highest BCUT2D eigenvalue weighted by Crippen LogP contribution is 2.27. The van der Waals surface area contributed by atoms with E-state index in [0.29, 0.717) is 23.5 Å². The van der Waals surface area contributed by atoms with E-state index in [1.165, 1.54) is 6.92 Å². The van der Waals surface area contributed by atoms with Gasteiger partial charge >= 0.3 is 5.97 Å². The molecule has 2 aromatic rings. The number of ether oxygens (including phenoxy) is 2. The lowest BCUT2D eigenvalue weighted by Gasteiger charge is -2.15. The number of esters is 1. The minimum Gasteiger partial charge on any atom is -0.489 e. The average Bonchev–Trinajstić information content (AvgIpc) is 2.54. The monoisotopic (exact) mass is 312 g/mol. The minimum absolute atomic E-state index is 0.175. The minimum atomic E-state index is -0.500. The van der Waals surface area contributed by atoms with E-state index in [4.69, 9.17) is 9.47 Å². The molecule has 2 rings (SSSR count). The van der Waals surface area contributed by atoms with Gasteiger partial charge in [-0.25, -0.2) is 4.79 Å². The average molecular weight is 312 g/mol. The van der Waals surface area contributed by atoms with Gasteiger partial charge in [0.25, 0.3) is 0 Å². The number of Topliss-reactive ketones (excluding diaryl/α,β-unsaturated/α-hetero) is 1. The van der Waals surface area contributed by atoms with E-state index >= 15 is 0 Å². The Bertz CT molecular complexity index is 705. The number of ketones is 1. The highest BCUT2D eigenvalue weighted by Gasteiger charge is 2.21. The van der Waals surface area contributed by atoms with Gasteiger partial charge in [-0.3, -0.25) is 4.79 Å². The molecule has 0 aromatic heterocycles. The SMILES string of the molecule is CCOC(=O)c1c(C(C)=O)ccc(OCc2ccccc2)c1C. The summed E-state index contributed by atoms with van der Waals surface area (Å²) in [6.07, 6.45) is 0. The Kier molecular flexibility index (Phi) is 5.52. The van der Waals surface area contributed by atoms with E-state index in [2.05, 4.69) is 0 Å². The fourth-order valence-electron chi connectivity index (χ4n) is 2.34. The Morgan fingerprint density at radius 1 is 1.04 bits per heavy atom. The lowest BCUT2D eigenvalue weighted by atomic mass is 9.98. The Balaban J connectivity index is 2.32. The zero-order chi connectivity index (χ0) is 16.8. The Morgan fingerprint density at radius 2 is 1.74 bits per heavy atom. The molecular weight excluding hydrogens is 292 g/mol. The third-order valence-electron chi connectivity index (χ3n) is 3.51. The van der Waals surface area contributed by atoms with Crippen LogP contribution in [0.1, 0.15) is 45.7 Å². The van der Waals surface area contributed by atoms with Crippen molar-refractivity contribution in [1.29, 1.82) is 0 Å². The van der Waals surface area contributed by atoms with Crippen LogP contribution in [0.25, 0.3) is 0 Å². The first-order chi connectivity index (χ1) is 11.0. The first kappa shape index (κ1) is 16.7. The smallest absolute Gasteiger partial charge is 0.339 e. The lowest BCUT2D eigenvalue weighted by Crippen LogP contribution is -2.13. The van der Waals surface area contributed by atoms with Gasteiger partial charge in [0.2, 0.25) is 0 Å². The van der Waals surface area contributed by atoms with Crippen molar-refractivity contribution in [2.24, 2.45) is 0 Å². The summed E-state index contributed by atoms with van der Waals surface area (Å²) in [6, 6.07) is 13.1. The van der Waals surface area contributed by atoms with Crippen LogP contribution >= 0.6 is 0 Å². The third kappa shape index (κ3) is 3.97. The molecule has 4 nitrogen and oxygen atoms in total. The molecule has 0 saturated heterocycles. The molecular formula is C19H20O4. The first-order valence-electron chi connectivity index (χ1n) is 7.53. The van der Waals surface area contributed by atoms with Gasteiger partial charge in [-0.2, -0.15) is 0 Å². The second kappa shape index (κ2) is 7.58. The molecule has 0 aliphatic rings. The van der Waals surface area contributed by atoms with Crippen LogP contribution in [0.2, 0.25) is 0 Å². The van der Waals surface area contributed by atoms with Crippen LogP contribution in [-0.4, -0.2) is 18.4 Å². The van der Waals surface area contributed by atoms with Crippen molar-refractivity contribution in [3.8, 4) is 5.75 Å². The van der Waals surface area contributed by atoms with Gasteiger partial charge in [-0.1, -0.05) is 30.3 Å². The van der Waals surface area contributed by atoms with E-state index in [1.54, 1.807) is 26.0 Å². The highest BCUT2D eigenvalue weighted by atomic mass is 16.5. The molecule has 23 heavy (non-hydrogen) atoms. The molecule has 0 aliphatic heterocycles. The van der Waals surface area contributed by atoms with Crippen molar-refractivity contribution < 1.29 is 19.1 Å². The summed E-state index contributed by atoms with van der Waals surface area (Å²) in [7, 11) is 0. The van der Waals surface area contributed by atoms with E-state index < -0.39 is 5.97 Å². The largest absolute Gasteiger partial charge is 0.489 e. The van der Waals surface area contributed by atoms with Crippen LogP contribution in [0.3, 0.4) is 0 Å². The molecule has 120 valence electrons. The molecule has 0 saturated carbocycles. The van der Waals surface area contributed by atoms with E-state index in [0.717, 1.165) is 5.56 Å². The molecule has 0 radical (unpaired) electrons. The molecule has 0 N–H and O–H groups in total. The van der Waals surface area contributed by atoms with Gasteiger partial charge in [-0.15, -0.1) is 0 Å². The van der Waals surface area contributed by atoms with Gasteiger partial charge in [0, 0.05) is 11.1 Å². The van der Waals surface area contributed by atoms with E-state index in [-0.39, 0.29) is 18.0 Å². The molecule has 0 unspecified atom stereocenters. The van der Waals surface area contributed by atoms with Gasteiger partial charge in [0.05, 0.1) is 12.2 Å². The second-order valence-electron chi connectivity index (χ2n) is 5.16. The molecule has 0 heterocycles. The van der Waals surface area contributed by atoms with Crippen LogP contribution in [0.4, 0.5) is 0 Å². The summed E-state index contributed by atoms with van der Waals surface area (Å²) in [5.41, 5.74) is 2.28. The van der Waals surface area contributed by atoms with Crippen molar-refractivity contribution in [1.82, 2.24) is 0 Å². The Hall–Kier alpha value is -2.62. The normalized spacial score (nSPS) is 10.2. The van der Waals surface area contributed by atoms with Crippen molar-refractivity contribution in [3.05, 3.63) is 64.7 Å². The second-order valence-corrected chi connectivity index (χ2v) is 5.16. The Morgan fingerprint density at radius 3 is 2.35 bits per heavy atom. The van der Waals surface area contributed by atoms with Crippen LogP contribution in [0.5, 0.6) is 5.75 Å². The van der Waals surface area contributed by atoms with Gasteiger partial charge in [-0.05, 0) is 38.5 Å². The zero-order valence-corrected chi connectivity index (χ0v) is 13.6. The summed E-state index contributed by atoms with van der Waals surface area (Å²) >= 11 is 0. The summed E-state index contributed by atoms with van der Waals surface area (Å²) in [6.45, 7) is 5.57. The summed E-state index contributed by atoms with van der Waals surface area (Å²) in [5.74, 6) is -0.104. The maximum absolute atomic E-state index is 12.2. The molecule has 0 amide bonds. The number of carbonyl (C=O) groups excluding carboxylic acids is 2. The number of hydrogen-bond donors (Lipinski definition) is 0. The van der Waals surface area contributed by atoms with Crippen LogP contribution in [0.15, 0.2) is 42.5 Å². The van der Waals surface area contributed by atoms with Gasteiger partial charge in [0.15, 0.2) is 5.78 Å². The van der Waals surface area contributed by atoms with E-state index in [1.807, 2.05) is 30.3 Å². The van der Waals surface area contributed by atoms with Crippen LogP contribution in [-0.2, 0) is 11.3 Å². The maximum atomic E-state index is 12.2. The summed E-state index contributed by atoms with van der Waals surface area (Å²) < 4.78 is 10.9. The molecule has 0 spiro atoms. The molecule has 4 heteroatoms. The molecule has 0 aliphatic carbocycles. The topological polar surface area (TPSA) is 52.6 Å². The fourth-order valence-corrected chi connectivity index (χ4v) is 2.34. The van der Waals surface area contributed by atoms with Crippen molar-refractivity contribution in [2.75, 3.05) is 6.61 Å². The molecule has 2 aromatic carbocycles. The number of benzene rings is 2. The first-order valence-corrected chi connectivity index (χ1v) is 7.53.